The first-order valence-corrected chi connectivity index (χ1v) is 15.3. The van der Waals surface area contributed by atoms with Crippen molar-refractivity contribution in [1.29, 1.82) is 0 Å². The van der Waals surface area contributed by atoms with Crippen molar-refractivity contribution < 1.29 is 9.00 Å². The predicted molar refractivity (Wildman–Crippen MR) is 159 cm³/mol. The minimum atomic E-state index is -1.18. The first-order chi connectivity index (χ1) is 18.0. The summed E-state index contributed by atoms with van der Waals surface area (Å²) in [5.41, 5.74) is 4.70. The zero-order chi connectivity index (χ0) is 27.6. The number of nitrogens with zero attached hydrogens (tertiary/aromatic N) is 2. The van der Waals surface area contributed by atoms with E-state index >= 15 is 0 Å². The van der Waals surface area contributed by atoms with Crippen LogP contribution < -0.4 is 14.9 Å². The summed E-state index contributed by atoms with van der Waals surface area (Å²) < 4.78 is 16.1. The molecule has 0 aromatic heterocycles. The summed E-state index contributed by atoms with van der Waals surface area (Å²) in [5.74, 6) is 0.619. The van der Waals surface area contributed by atoms with Gasteiger partial charge in [-0.1, -0.05) is 55.3 Å². The fourth-order valence-electron chi connectivity index (χ4n) is 5.46. The molecule has 8 heteroatoms. The van der Waals surface area contributed by atoms with Crippen LogP contribution in [0.5, 0.6) is 0 Å². The number of carbonyl (C=O) groups excluding carboxylic acids is 1. The standard InChI is InChI=1S/C30H43ClN4O2S/c1-20(2)28(33-38(37)30(4,5)6)24-17-21(3)7-12-27(24)34-13-15-35(16-14-34)29(36)26-19-32-18-25(26)22-8-10-23(31)11-9-22/h7-12,17,20,25-26,28,32-33H,13-16,18-19H2,1-6H3/t25-,26?,28-,38-/m0/s1. The topological polar surface area (TPSA) is 64.7 Å². The van der Waals surface area contributed by atoms with Crippen molar-refractivity contribution in [3.8, 4) is 0 Å². The fourth-order valence-corrected chi connectivity index (χ4v) is 6.57. The maximum absolute atomic E-state index is 13.6. The van der Waals surface area contributed by atoms with Gasteiger partial charge in [0.1, 0.15) is 0 Å². The van der Waals surface area contributed by atoms with Crippen LogP contribution in [0.3, 0.4) is 0 Å². The van der Waals surface area contributed by atoms with E-state index in [0.29, 0.717) is 24.7 Å². The van der Waals surface area contributed by atoms with Gasteiger partial charge in [0, 0.05) is 61.9 Å². The first kappa shape index (κ1) is 29.1. The Morgan fingerprint density at radius 3 is 2.32 bits per heavy atom. The molecule has 1 unspecified atom stereocenters. The second-order valence-corrected chi connectivity index (χ2v) is 14.5. The van der Waals surface area contributed by atoms with Crippen LogP contribution in [-0.2, 0) is 15.8 Å². The Hall–Kier alpha value is -1.93. The molecule has 6 nitrogen and oxygen atoms in total. The summed E-state index contributed by atoms with van der Waals surface area (Å²) in [4.78, 5) is 18.0. The fraction of sp³-hybridized carbons (Fsp3) is 0.567. The van der Waals surface area contributed by atoms with Crippen LogP contribution in [-0.4, -0.2) is 59.0 Å². The first-order valence-electron chi connectivity index (χ1n) is 13.7. The van der Waals surface area contributed by atoms with Crippen LogP contribution in [0.4, 0.5) is 5.69 Å². The summed E-state index contributed by atoms with van der Waals surface area (Å²) in [6, 6.07) is 14.4. The van der Waals surface area contributed by atoms with Gasteiger partial charge in [0.25, 0.3) is 0 Å². The maximum atomic E-state index is 13.6. The maximum Gasteiger partial charge on any atom is 0.227 e. The number of carbonyl (C=O) groups is 1. The van der Waals surface area contributed by atoms with Crippen LogP contribution >= 0.6 is 11.6 Å². The number of benzene rings is 2. The summed E-state index contributed by atoms with van der Waals surface area (Å²) in [6.45, 7) is 16.9. The molecule has 38 heavy (non-hydrogen) atoms. The van der Waals surface area contributed by atoms with Crippen LogP contribution in [0.2, 0.25) is 5.02 Å². The summed E-state index contributed by atoms with van der Waals surface area (Å²) >= 11 is 6.09. The van der Waals surface area contributed by atoms with Crippen molar-refractivity contribution in [2.75, 3.05) is 44.2 Å². The van der Waals surface area contributed by atoms with Gasteiger partial charge in [-0.2, -0.15) is 0 Å². The van der Waals surface area contributed by atoms with E-state index in [4.69, 9.17) is 11.6 Å². The number of hydrogen-bond acceptors (Lipinski definition) is 4. The Morgan fingerprint density at radius 2 is 1.71 bits per heavy atom. The molecular formula is C30H43ClN4O2S. The van der Waals surface area contributed by atoms with E-state index in [2.05, 4.69) is 53.9 Å². The third-order valence-electron chi connectivity index (χ3n) is 7.74. The molecule has 2 saturated heterocycles. The van der Waals surface area contributed by atoms with Crippen molar-refractivity contribution in [1.82, 2.24) is 14.9 Å². The molecule has 208 valence electrons. The number of aryl methyl sites for hydroxylation is 1. The number of rotatable bonds is 7. The number of amides is 1. The monoisotopic (exact) mass is 558 g/mol. The van der Waals surface area contributed by atoms with E-state index in [-0.39, 0.29) is 34.4 Å². The average Bonchev–Trinajstić information content (AvgIpc) is 3.36. The number of anilines is 1. The lowest BCUT2D eigenvalue weighted by molar-refractivity contribution is -0.135. The molecule has 2 heterocycles. The Labute approximate surface area is 236 Å². The van der Waals surface area contributed by atoms with E-state index in [1.54, 1.807) is 0 Å². The SMILES string of the molecule is Cc1ccc(N2CCN(C(=O)C3CNC[C@H]3c3ccc(Cl)cc3)CC2)c([C@@H](N[S@@](=O)C(C)(C)C)C(C)C)c1. The lowest BCUT2D eigenvalue weighted by atomic mass is 9.88. The van der Waals surface area contributed by atoms with E-state index in [1.807, 2.05) is 49.9 Å². The van der Waals surface area contributed by atoms with E-state index < -0.39 is 11.0 Å². The van der Waals surface area contributed by atoms with Gasteiger partial charge in [-0.3, -0.25) is 4.79 Å². The highest BCUT2D eigenvalue weighted by atomic mass is 35.5. The summed E-state index contributed by atoms with van der Waals surface area (Å²) in [7, 11) is -1.18. The van der Waals surface area contributed by atoms with Gasteiger partial charge in [-0.15, -0.1) is 0 Å². The molecule has 0 bridgehead atoms. The second-order valence-electron chi connectivity index (χ2n) is 12.0. The molecule has 2 aliphatic rings. The minimum Gasteiger partial charge on any atom is -0.368 e. The van der Waals surface area contributed by atoms with Crippen LogP contribution in [0.15, 0.2) is 42.5 Å². The van der Waals surface area contributed by atoms with Crippen molar-refractivity contribution >= 4 is 34.2 Å². The zero-order valence-corrected chi connectivity index (χ0v) is 25.2. The number of hydrogen-bond donors (Lipinski definition) is 2. The smallest absolute Gasteiger partial charge is 0.227 e. The number of halogens is 1. The molecule has 0 spiro atoms. The zero-order valence-electron chi connectivity index (χ0n) is 23.6. The molecule has 1 amide bonds. The highest BCUT2D eigenvalue weighted by Gasteiger charge is 2.37. The van der Waals surface area contributed by atoms with Gasteiger partial charge in [-0.05, 0) is 62.9 Å². The van der Waals surface area contributed by atoms with E-state index in [9.17, 15) is 9.00 Å². The molecule has 2 N–H and O–H groups in total. The Bertz CT molecular complexity index is 1140. The lowest BCUT2D eigenvalue weighted by Gasteiger charge is -2.39. The van der Waals surface area contributed by atoms with Crippen LogP contribution in [0.25, 0.3) is 0 Å². The molecule has 2 fully saturated rings. The highest BCUT2D eigenvalue weighted by Crippen LogP contribution is 2.35. The normalized spacial score (nSPS) is 22.1. The molecule has 0 saturated carbocycles. The molecule has 0 radical (unpaired) electrons. The molecule has 2 aliphatic heterocycles. The van der Waals surface area contributed by atoms with Crippen LogP contribution in [0, 0.1) is 18.8 Å². The Morgan fingerprint density at radius 1 is 1.05 bits per heavy atom. The largest absolute Gasteiger partial charge is 0.368 e. The summed E-state index contributed by atoms with van der Waals surface area (Å²) in [6.07, 6.45) is 0. The Kier molecular flexibility index (Phi) is 9.23. The van der Waals surface area contributed by atoms with Gasteiger partial charge < -0.3 is 15.1 Å². The van der Waals surface area contributed by atoms with Gasteiger partial charge in [0.2, 0.25) is 5.91 Å². The van der Waals surface area contributed by atoms with Gasteiger partial charge in [-0.25, -0.2) is 8.93 Å². The predicted octanol–water partition coefficient (Wildman–Crippen LogP) is 5.05. The number of piperazine rings is 1. The third-order valence-corrected chi connectivity index (χ3v) is 9.57. The van der Waals surface area contributed by atoms with Crippen molar-refractivity contribution in [3.05, 3.63) is 64.2 Å². The van der Waals surface area contributed by atoms with Gasteiger partial charge in [0.15, 0.2) is 0 Å². The van der Waals surface area contributed by atoms with E-state index in [1.165, 1.54) is 22.4 Å². The average molecular weight is 559 g/mol. The van der Waals surface area contributed by atoms with Gasteiger partial charge in [0.05, 0.1) is 21.7 Å². The van der Waals surface area contributed by atoms with Crippen molar-refractivity contribution in [3.63, 3.8) is 0 Å². The molecule has 2 aromatic carbocycles. The highest BCUT2D eigenvalue weighted by molar-refractivity contribution is 7.84. The van der Waals surface area contributed by atoms with Crippen molar-refractivity contribution in [2.45, 2.75) is 58.2 Å². The molecule has 4 rings (SSSR count). The lowest BCUT2D eigenvalue weighted by Crippen LogP contribution is -2.51. The van der Waals surface area contributed by atoms with Crippen LogP contribution in [0.1, 0.15) is 63.3 Å². The third kappa shape index (κ3) is 6.61. The summed E-state index contributed by atoms with van der Waals surface area (Å²) in [5, 5.41) is 4.15. The van der Waals surface area contributed by atoms with Gasteiger partial charge >= 0.3 is 0 Å². The molecule has 4 atom stereocenters. The van der Waals surface area contributed by atoms with E-state index in [0.717, 1.165) is 19.6 Å². The van der Waals surface area contributed by atoms with Crippen molar-refractivity contribution in [2.24, 2.45) is 11.8 Å². The number of nitrogens with one attached hydrogen (secondary N) is 2. The minimum absolute atomic E-state index is 0.0330. The Balaban J connectivity index is 1.48. The molecular weight excluding hydrogens is 516 g/mol. The second kappa shape index (κ2) is 12.1. The quantitative estimate of drug-likeness (QED) is 0.499. The molecule has 0 aliphatic carbocycles. The molecule has 2 aromatic rings.